The number of aldehydes is 1. The third-order valence-corrected chi connectivity index (χ3v) is 4.35. The van der Waals surface area contributed by atoms with Crippen molar-refractivity contribution in [2.75, 3.05) is 13.7 Å². The Balaban J connectivity index is 2.43. The lowest BCUT2D eigenvalue weighted by atomic mass is 10.2. The van der Waals surface area contributed by atoms with Gasteiger partial charge in [-0.05, 0) is 13.0 Å². The molecule has 0 spiro atoms. The highest BCUT2D eigenvalue weighted by atomic mass is 35.5. The van der Waals surface area contributed by atoms with Gasteiger partial charge in [0.2, 0.25) is 5.88 Å². The number of rotatable bonds is 5. The molecule has 0 amide bonds. The second-order valence-corrected chi connectivity index (χ2v) is 5.88. The lowest BCUT2D eigenvalue weighted by molar-refractivity contribution is 0.111. The summed E-state index contributed by atoms with van der Waals surface area (Å²) in [5.41, 5.74) is 1.21. The van der Waals surface area contributed by atoms with E-state index in [0.717, 1.165) is 0 Å². The minimum Gasteiger partial charge on any atom is -0.479 e. The molecule has 130 valence electrons. The number of aromatic nitrogens is 5. The molecule has 0 fully saturated rings. The van der Waals surface area contributed by atoms with Gasteiger partial charge >= 0.3 is 0 Å². The molecule has 0 aliphatic heterocycles. The Labute approximate surface area is 152 Å². The normalized spacial score (nSPS) is 11.1. The molecule has 0 saturated heterocycles. The molecule has 1 aromatic carbocycles. The van der Waals surface area contributed by atoms with Gasteiger partial charge in [0, 0.05) is 6.42 Å². The predicted octanol–water partition coefficient (Wildman–Crippen LogP) is 2.18. The molecule has 25 heavy (non-hydrogen) atoms. The number of halogens is 2. The van der Waals surface area contributed by atoms with Crippen LogP contribution in [-0.2, 0) is 6.42 Å². The summed E-state index contributed by atoms with van der Waals surface area (Å²) in [7, 11) is 1.39. The molecule has 0 saturated carbocycles. The lowest BCUT2D eigenvalue weighted by Gasteiger charge is -2.15. The van der Waals surface area contributed by atoms with Gasteiger partial charge in [-0.3, -0.25) is 9.36 Å². The first-order valence-corrected chi connectivity index (χ1v) is 7.98. The lowest BCUT2D eigenvalue weighted by Crippen LogP contribution is -2.09. The van der Waals surface area contributed by atoms with E-state index in [1.54, 1.807) is 11.5 Å². The second kappa shape index (κ2) is 6.91. The summed E-state index contributed by atoms with van der Waals surface area (Å²) in [6, 6.07) is 1.52. The number of aryl methyl sites for hydroxylation is 1. The van der Waals surface area contributed by atoms with Crippen molar-refractivity contribution in [1.29, 1.82) is 0 Å². The average molecular weight is 382 g/mol. The highest BCUT2D eigenvalue weighted by molar-refractivity contribution is 6.44. The highest BCUT2D eigenvalue weighted by Gasteiger charge is 2.22. The second-order valence-electron chi connectivity index (χ2n) is 5.10. The van der Waals surface area contributed by atoms with Crippen LogP contribution >= 0.6 is 23.2 Å². The van der Waals surface area contributed by atoms with E-state index in [2.05, 4.69) is 20.2 Å². The molecule has 0 aliphatic carbocycles. The topological polar surface area (TPSA) is 103 Å². The standard InChI is InChI=1S/C15H13Cl2N5O3/c1-7-20-21-11(3-4-23)22(7)14-12(17)8(16)5-9-13(14)19-15(25-2)10(6-24)18-9/h5-6,23H,3-4H2,1-2H3. The van der Waals surface area contributed by atoms with Gasteiger partial charge in [-0.2, -0.15) is 0 Å². The molecule has 1 N–H and O–H groups in total. The van der Waals surface area contributed by atoms with Crippen LogP contribution in [0.5, 0.6) is 5.88 Å². The maximum atomic E-state index is 11.2. The highest BCUT2D eigenvalue weighted by Crippen LogP contribution is 2.36. The van der Waals surface area contributed by atoms with E-state index >= 15 is 0 Å². The SMILES string of the molecule is COc1nc2c(-n3c(C)nnc3CCO)c(Cl)c(Cl)cc2nc1C=O. The Bertz CT molecular complexity index is 974. The Kier molecular flexibility index (Phi) is 4.85. The largest absolute Gasteiger partial charge is 0.479 e. The molecule has 0 bridgehead atoms. The van der Waals surface area contributed by atoms with Crippen molar-refractivity contribution in [3.8, 4) is 11.6 Å². The van der Waals surface area contributed by atoms with E-state index in [1.165, 1.54) is 13.2 Å². The van der Waals surface area contributed by atoms with Crippen LogP contribution in [0.25, 0.3) is 16.7 Å². The number of hydrogen-bond donors (Lipinski definition) is 1. The van der Waals surface area contributed by atoms with Crippen molar-refractivity contribution in [2.45, 2.75) is 13.3 Å². The first-order chi connectivity index (χ1) is 12.0. The summed E-state index contributed by atoms with van der Waals surface area (Å²) in [4.78, 5) is 19.8. The zero-order valence-corrected chi connectivity index (χ0v) is 14.8. The summed E-state index contributed by atoms with van der Waals surface area (Å²) < 4.78 is 6.79. The molecule has 2 aromatic heterocycles. The van der Waals surface area contributed by atoms with Gasteiger partial charge in [0.05, 0.1) is 35.0 Å². The number of methoxy groups -OCH3 is 1. The van der Waals surface area contributed by atoms with E-state index in [1.807, 2.05) is 0 Å². The van der Waals surface area contributed by atoms with Gasteiger partial charge in [0.15, 0.2) is 12.0 Å². The van der Waals surface area contributed by atoms with E-state index in [9.17, 15) is 9.90 Å². The summed E-state index contributed by atoms with van der Waals surface area (Å²) in [6.07, 6.45) is 0.816. The summed E-state index contributed by atoms with van der Waals surface area (Å²) in [5, 5.41) is 17.8. The van der Waals surface area contributed by atoms with Crippen LogP contribution in [0.15, 0.2) is 6.07 Å². The Morgan fingerprint density at radius 3 is 2.72 bits per heavy atom. The minimum absolute atomic E-state index is 0.0513. The van der Waals surface area contributed by atoms with Crippen LogP contribution in [0.2, 0.25) is 10.0 Å². The van der Waals surface area contributed by atoms with Crippen molar-refractivity contribution in [3.05, 3.63) is 33.5 Å². The van der Waals surface area contributed by atoms with Crippen molar-refractivity contribution in [2.24, 2.45) is 0 Å². The third kappa shape index (κ3) is 2.92. The number of aliphatic hydroxyl groups excluding tert-OH is 1. The molecular formula is C15H13Cl2N5O3. The molecule has 10 heteroatoms. The molecule has 0 unspecified atom stereocenters. The van der Waals surface area contributed by atoms with Crippen LogP contribution in [0.3, 0.4) is 0 Å². The molecular weight excluding hydrogens is 369 g/mol. The molecule has 3 aromatic rings. The monoisotopic (exact) mass is 381 g/mol. The smallest absolute Gasteiger partial charge is 0.243 e. The van der Waals surface area contributed by atoms with E-state index < -0.39 is 0 Å². The molecule has 8 nitrogen and oxygen atoms in total. The number of fused-ring (bicyclic) bond motifs is 1. The van der Waals surface area contributed by atoms with Gasteiger partial charge in [-0.1, -0.05) is 23.2 Å². The van der Waals surface area contributed by atoms with Gasteiger partial charge in [-0.25, -0.2) is 9.97 Å². The van der Waals surface area contributed by atoms with E-state index in [0.29, 0.717) is 34.7 Å². The first kappa shape index (κ1) is 17.5. The maximum Gasteiger partial charge on any atom is 0.243 e. The molecule has 2 heterocycles. The maximum absolute atomic E-state index is 11.2. The van der Waals surface area contributed by atoms with Gasteiger partial charge < -0.3 is 9.84 Å². The van der Waals surface area contributed by atoms with Crippen LogP contribution < -0.4 is 4.74 Å². The first-order valence-electron chi connectivity index (χ1n) is 7.22. The Morgan fingerprint density at radius 2 is 2.08 bits per heavy atom. The number of aliphatic hydroxyl groups is 1. The Morgan fingerprint density at radius 1 is 1.32 bits per heavy atom. The van der Waals surface area contributed by atoms with E-state index in [4.69, 9.17) is 27.9 Å². The van der Waals surface area contributed by atoms with Gasteiger partial charge in [0.1, 0.15) is 17.2 Å². The quantitative estimate of drug-likeness (QED) is 0.675. The molecule has 0 aliphatic rings. The van der Waals surface area contributed by atoms with Crippen molar-refractivity contribution < 1.29 is 14.6 Å². The van der Waals surface area contributed by atoms with E-state index in [-0.39, 0.29) is 34.6 Å². The molecule has 0 radical (unpaired) electrons. The zero-order chi connectivity index (χ0) is 18.1. The third-order valence-electron chi connectivity index (χ3n) is 3.58. The van der Waals surface area contributed by atoms with Crippen LogP contribution in [0.1, 0.15) is 22.1 Å². The minimum atomic E-state index is -0.113. The molecule has 0 atom stereocenters. The fraction of sp³-hybridized carbons (Fsp3) is 0.267. The van der Waals surface area contributed by atoms with Gasteiger partial charge in [-0.15, -0.1) is 10.2 Å². The number of ether oxygens (including phenoxy) is 1. The van der Waals surface area contributed by atoms with Crippen molar-refractivity contribution in [1.82, 2.24) is 24.7 Å². The number of nitrogens with zero attached hydrogens (tertiary/aromatic N) is 5. The summed E-state index contributed by atoms with van der Waals surface area (Å²) in [5.74, 6) is 1.09. The predicted molar refractivity (Wildman–Crippen MR) is 91.9 cm³/mol. The van der Waals surface area contributed by atoms with Gasteiger partial charge in [0.25, 0.3) is 0 Å². The van der Waals surface area contributed by atoms with Crippen molar-refractivity contribution in [3.63, 3.8) is 0 Å². The van der Waals surface area contributed by atoms with Crippen LogP contribution in [0.4, 0.5) is 0 Å². The fourth-order valence-corrected chi connectivity index (χ4v) is 2.93. The number of hydrogen-bond acceptors (Lipinski definition) is 7. The average Bonchev–Trinajstić information content (AvgIpc) is 2.96. The number of carbonyl (C=O) groups excluding carboxylic acids is 1. The fourth-order valence-electron chi connectivity index (χ4n) is 2.51. The molecule has 3 rings (SSSR count). The summed E-state index contributed by atoms with van der Waals surface area (Å²) >= 11 is 12.7. The zero-order valence-electron chi connectivity index (χ0n) is 13.3. The van der Waals surface area contributed by atoms with Crippen LogP contribution in [0, 0.1) is 6.92 Å². The van der Waals surface area contributed by atoms with Crippen LogP contribution in [-0.4, -0.2) is 49.8 Å². The van der Waals surface area contributed by atoms with Crippen molar-refractivity contribution >= 4 is 40.5 Å². The summed E-state index contributed by atoms with van der Waals surface area (Å²) in [6.45, 7) is 1.62. The number of benzene rings is 1. The Hall–Kier alpha value is -2.29. The number of carbonyl (C=O) groups is 1.